The summed E-state index contributed by atoms with van der Waals surface area (Å²) in [6, 6.07) is 12.6. The lowest BCUT2D eigenvalue weighted by atomic mass is 9.67. The molecule has 0 atom stereocenters. The second-order valence-electron chi connectivity index (χ2n) is 16.2. The van der Waals surface area contributed by atoms with Crippen LogP contribution in [-0.2, 0) is 12.5 Å². The molecule has 0 unspecified atom stereocenters. The van der Waals surface area contributed by atoms with Gasteiger partial charge in [-0.3, -0.25) is 0 Å². The molecule has 0 saturated heterocycles. The fraction of sp³-hybridized carbons (Fsp3) is 0.458. The largest absolute Gasteiger partial charge is 0.432 e. The van der Waals surface area contributed by atoms with E-state index in [1.54, 1.807) is 38.5 Å². The molecule has 57 heavy (non-hydrogen) atoms. The van der Waals surface area contributed by atoms with Gasteiger partial charge < -0.3 is 4.74 Å². The van der Waals surface area contributed by atoms with E-state index >= 15 is 0 Å². The average molecular weight is 797 g/mol. The molecule has 0 N–H and O–H groups in total. The van der Waals surface area contributed by atoms with Gasteiger partial charge in [0, 0.05) is 17.7 Å². The summed E-state index contributed by atoms with van der Waals surface area (Å²) < 4.78 is 117. The molecule has 4 aromatic carbocycles. The molecular weight excluding hydrogens is 745 g/mol. The van der Waals surface area contributed by atoms with Crippen LogP contribution < -0.4 is 4.74 Å². The first-order chi connectivity index (χ1) is 27.4. The normalized spacial score (nSPS) is 21.7. The van der Waals surface area contributed by atoms with Crippen LogP contribution in [0.2, 0.25) is 0 Å². The number of aryl methyl sites for hydroxylation is 1. The van der Waals surface area contributed by atoms with Gasteiger partial charge in [-0.1, -0.05) is 87.6 Å². The van der Waals surface area contributed by atoms with Crippen molar-refractivity contribution in [2.24, 2.45) is 29.6 Å². The van der Waals surface area contributed by atoms with Gasteiger partial charge in [0.15, 0.2) is 17.5 Å². The molecule has 7 rings (SSSR count). The molecule has 306 valence electrons. The number of ether oxygens (including phenoxy) is 1. The molecule has 0 amide bonds. The van der Waals surface area contributed by atoms with Crippen LogP contribution in [0.3, 0.4) is 0 Å². The summed E-state index contributed by atoms with van der Waals surface area (Å²) in [4.78, 5) is 0. The minimum atomic E-state index is -4.74. The lowest BCUT2D eigenvalue weighted by Gasteiger charge is -2.39. The van der Waals surface area contributed by atoms with E-state index in [-0.39, 0.29) is 23.3 Å². The lowest BCUT2D eigenvalue weighted by molar-refractivity contribution is -0.189. The monoisotopic (exact) mass is 796 g/mol. The van der Waals surface area contributed by atoms with Gasteiger partial charge in [-0.15, -0.1) is 0 Å². The van der Waals surface area contributed by atoms with Crippen molar-refractivity contribution in [3.63, 3.8) is 0 Å². The smallest absolute Gasteiger partial charge is 0.429 e. The van der Waals surface area contributed by atoms with Crippen LogP contribution in [0.15, 0.2) is 78.9 Å². The quantitative estimate of drug-likeness (QED) is 0.0882. The Morgan fingerprint density at radius 2 is 1.07 bits per heavy atom. The van der Waals surface area contributed by atoms with Gasteiger partial charge in [0.05, 0.1) is 0 Å². The highest BCUT2D eigenvalue weighted by Crippen LogP contribution is 2.46. The molecule has 4 aromatic rings. The van der Waals surface area contributed by atoms with Crippen molar-refractivity contribution in [2.45, 2.75) is 110 Å². The number of benzene rings is 4. The summed E-state index contributed by atoms with van der Waals surface area (Å²) in [6.07, 6.45) is 20.3. The van der Waals surface area contributed by atoms with E-state index in [0.29, 0.717) is 23.3 Å². The molecule has 3 fully saturated rings. The SMILES string of the molecule is C/C=C/C1CCC(C2CCC(C3CCCC3)CC2)CC1.CCCc1ccc(-c2ccc(-c3cc(F)c(C(F)(F)Oc4cc(F)c(F)c(F)c4)c(F)c3)c(F)c2)cc1. The molecule has 3 aliphatic carbocycles. The number of hydrogen-bond donors (Lipinski definition) is 0. The minimum Gasteiger partial charge on any atom is -0.429 e. The summed E-state index contributed by atoms with van der Waals surface area (Å²) in [5, 5.41) is 0. The van der Waals surface area contributed by atoms with Crippen LogP contribution in [0.1, 0.15) is 108 Å². The average Bonchev–Trinajstić information content (AvgIpc) is 3.73. The number of alkyl halides is 2. The fourth-order valence-corrected chi connectivity index (χ4v) is 9.48. The molecule has 0 heterocycles. The Balaban J connectivity index is 0.000000230. The summed E-state index contributed by atoms with van der Waals surface area (Å²) >= 11 is 0. The molecule has 9 heteroatoms. The van der Waals surface area contributed by atoms with E-state index in [2.05, 4.69) is 23.8 Å². The Morgan fingerprint density at radius 1 is 0.579 bits per heavy atom. The fourth-order valence-electron chi connectivity index (χ4n) is 9.48. The van der Waals surface area contributed by atoms with E-state index in [9.17, 15) is 35.1 Å². The van der Waals surface area contributed by atoms with Gasteiger partial charge in [-0.05, 0) is 135 Å². The minimum absolute atomic E-state index is 0.102. The third-order valence-corrected chi connectivity index (χ3v) is 12.5. The molecule has 0 spiro atoms. The van der Waals surface area contributed by atoms with Gasteiger partial charge in [-0.25, -0.2) is 26.3 Å². The summed E-state index contributed by atoms with van der Waals surface area (Å²) in [7, 11) is 0. The van der Waals surface area contributed by atoms with Gasteiger partial charge >= 0.3 is 6.11 Å². The van der Waals surface area contributed by atoms with Gasteiger partial charge in [0.25, 0.3) is 0 Å². The molecular formula is C48H52F8O. The Labute approximate surface area is 331 Å². The second-order valence-corrected chi connectivity index (χ2v) is 16.2. The molecule has 0 aliphatic heterocycles. The first-order valence-corrected chi connectivity index (χ1v) is 20.6. The zero-order valence-corrected chi connectivity index (χ0v) is 32.7. The second kappa shape index (κ2) is 19.1. The first kappa shape index (κ1) is 42.5. The van der Waals surface area contributed by atoms with Crippen molar-refractivity contribution in [3.8, 4) is 28.0 Å². The predicted molar refractivity (Wildman–Crippen MR) is 210 cm³/mol. The van der Waals surface area contributed by atoms with Gasteiger partial charge in [-0.2, -0.15) is 8.78 Å². The summed E-state index contributed by atoms with van der Waals surface area (Å²) in [5.41, 5.74) is -0.155. The third kappa shape index (κ3) is 10.5. The number of hydrogen-bond acceptors (Lipinski definition) is 1. The topological polar surface area (TPSA) is 9.23 Å². The molecule has 3 aliphatic rings. The van der Waals surface area contributed by atoms with Crippen LogP contribution in [0.25, 0.3) is 22.3 Å². The number of allylic oxidation sites excluding steroid dienone is 2. The molecule has 0 radical (unpaired) electrons. The Hall–Kier alpha value is -4.14. The van der Waals surface area contributed by atoms with Crippen LogP contribution in [0, 0.1) is 64.5 Å². The Kier molecular flexibility index (Phi) is 14.2. The van der Waals surface area contributed by atoms with Crippen molar-refractivity contribution >= 4 is 0 Å². The first-order valence-electron chi connectivity index (χ1n) is 20.6. The van der Waals surface area contributed by atoms with Crippen molar-refractivity contribution in [2.75, 3.05) is 0 Å². The number of halogens is 8. The third-order valence-electron chi connectivity index (χ3n) is 12.5. The van der Waals surface area contributed by atoms with Crippen molar-refractivity contribution in [3.05, 3.63) is 125 Å². The van der Waals surface area contributed by atoms with Crippen molar-refractivity contribution < 1.29 is 39.9 Å². The van der Waals surface area contributed by atoms with Gasteiger partial charge in [0.2, 0.25) is 0 Å². The molecule has 0 bridgehead atoms. The molecule has 3 saturated carbocycles. The standard InChI is InChI=1S/C28H18F8O.C20H34/c1-2-3-15-4-6-16(7-5-15)17-8-9-20(21(29)10-17)18-11-22(30)26(23(31)12-18)28(35,36)37-19-13-24(32)27(34)25(33)14-19;1-2-5-16-8-10-18(11-9-16)20-14-12-19(13-15-20)17-6-3-4-7-17/h4-14H,2-3H2,1H3;2,5,16-20H,3-4,6-15H2,1H3/b;5-2+. The highest BCUT2D eigenvalue weighted by Gasteiger charge is 2.42. The van der Waals surface area contributed by atoms with Crippen molar-refractivity contribution in [1.82, 2.24) is 0 Å². The van der Waals surface area contributed by atoms with E-state index in [1.807, 2.05) is 31.2 Å². The van der Waals surface area contributed by atoms with E-state index < -0.39 is 52.3 Å². The van der Waals surface area contributed by atoms with Crippen LogP contribution in [-0.4, -0.2) is 0 Å². The molecule has 1 nitrogen and oxygen atoms in total. The van der Waals surface area contributed by atoms with Gasteiger partial charge in [0.1, 0.15) is 28.8 Å². The number of rotatable bonds is 10. The van der Waals surface area contributed by atoms with E-state index in [0.717, 1.165) is 54.1 Å². The summed E-state index contributed by atoms with van der Waals surface area (Å²) in [6.45, 7) is 4.22. The zero-order chi connectivity index (χ0) is 40.7. The lowest BCUT2D eigenvalue weighted by Crippen LogP contribution is -2.27. The maximum absolute atomic E-state index is 14.9. The van der Waals surface area contributed by atoms with E-state index in [4.69, 9.17) is 0 Å². The predicted octanol–water partition coefficient (Wildman–Crippen LogP) is 15.3. The summed E-state index contributed by atoms with van der Waals surface area (Å²) in [5.74, 6) is -5.90. The maximum atomic E-state index is 14.9. The Bertz CT molecular complexity index is 1920. The highest BCUT2D eigenvalue weighted by molar-refractivity contribution is 5.71. The Morgan fingerprint density at radius 3 is 1.58 bits per heavy atom. The zero-order valence-electron chi connectivity index (χ0n) is 32.7. The highest BCUT2D eigenvalue weighted by atomic mass is 19.3. The van der Waals surface area contributed by atoms with Crippen LogP contribution in [0.4, 0.5) is 35.1 Å². The van der Waals surface area contributed by atoms with Crippen LogP contribution in [0.5, 0.6) is 5.75 Å². The maximum Gasteiger partial charge on any atom is 0.432 e. The molecule has 0 aromatic heterocycles. The van der Waals surface area contributed by atoms with E-state index in [1.165, 1.54) is 50.7 Å². The van der Waals surface area contributed by atoms with Crippen molar-refractivity contribution in [1.29, 1.82) is 0 Å². The van der Waals surface area contributed by atoms with Crippen LogP contribution >= 0.6 is 0 Å².